The van der Waals surface area contributed by atoms with Crippen molar-refractivity contribution in [2.45, 2.75) is 45.6 Å². The van der Waals surface area contributed by atoms with Crippen molar-refractivity contribution >= 4 is 28.5 Å². The van der Waals surface area contributed by atoms with Gasteiger partial charge >= 0.3 is 0 Å². The van der Waals surface area contributed by atoms with Crippen LogP contribution in [0.15, 0.2) is 48.5 Å². The Morgan fingerprint density at radius 1 is 1.12 bits per heavy atom. The molecule has 0 bridgehead atoms. The Morgan fingerprint density at radius 2 is 1.88 bits per heavy atom. The molecular weight excluding hydrogens is 416 g/mol. The largest absolute Gasteiger partial charge is 0.497 e. The van der Waals surface area contributed by atoms with Crippen molar-refractivity contribution in [3.8, 4) is 5.75 Å². The zero-order chi connectivity index (χ0) is 23.4. The first-order valence-electron chi connectivity index (χ1n) is 11.7. The monoisotopic (exact) mass is 448 g/mol. The van der Waals surface area contributed by atoms with E-state index >= 15 is 0 Å². The Hall–Kier alpha value is -3.35. The average Bonchev–Trinajstić information content (AvgIpc) is 3.39. The molecule has 1 atom stereocenters. The van der Waals surface area contributed by atoms with Crippen LogP contribution in [0.3, 0.4) is 0 Å². The SMILES string of the molecule is CCCN(CCC)C(=O)Cn1c(C2CC(=O)N(c3cccc(OC)c3)C2)nc2ccccc21. The molecule has 1 aliphatic rings. The summed E-state index contributed by atoms with van der Waals surface area (Å²) in [5.41, 5.74) is 2.60. The molecule has 0 N–H and O–H groups in total. The summed E-state index contributed by atoms with van der Waals surface area (Å²) in [6, 6.07) is 15.4. The second-order valence-corrected chi connectivity index (χ2v) is 8.53. The summed E-state index contributed by atoms with van der Waals surface area (Å²) in [6.45, 7) is 6.44. The molecule has 174 valence electrons. The third-order valence-corrected chi connectivity index (χ3v) is 6.17. The van der Waals surface area contributed by atoms with E-state index in [2.05, 4.69) is 13.8 Å². The van der Waals surface area contributed by atoms with E-state index in [0.29, 0.717) is 18.7 Å². The predicted octanol–water partition coefficient (Wildman–Crippen LogP) is 4.21. The number of anilines is 1. The van der Waals surface area contributed by atoms with E-state index in [0.717, 1.165) is 48.5 Å². The maximum atomic E-state index is 13.2. The van der Waals surface area contributed by atoms with Crippen LogP contribution in [0, 0.1) is 0 Å². The summed E-state index contributed by atoms with van der Waals surface area (Å²) in [5, 5.41) is 0. The van der Waals surface area contributed by atoms with Gasteiger partial charge in [0.1, 0.15) is 18.1 Å². The third kappa shape index (κ3) is 4.72. The van der Waals surface area contributed by atoms with Crippen molar-refractivity contribution in [1.29, 1.82) is 0 Å². The van der Waals surface area contributed by atoms with Crippen LogP contribution in [0.1, 0.15) is 44.9 Å². The quantitative estimate of drug-likeness (QED) is 0.492. The van der Waals surface area contributed by atoms with Gasteiger partial charge in [0.05, 0.1) is 18.1 Å². The van der Waals surface area contributed by atoms with E-state index in [1.54, 1.807) is 12.0 Å². The first-order valence-corrected chi connectivity index (χ1v) is 11.7. The summed E-state index contributed by atoms with van der Waals surface area (Å²) in [5.74, 6) is 1.58. The number of nitrogens with zero attached hydrogens (tertiary/aromatic N) is 4. The number of benzene rings is 2. The highest BCUT2D eigenvalue weighted by molar-refractivity contribution is 5.96. The van der Waals surface area contributed by atoms with Crippen molar-refractivity contribution < 1.29 is 14.3 Å². The standard InChI is InChI=1S/C26H32N4O3/c1-4-13-28(14-5-2)25(32)18-30-23-12-7-6-11-22(23)27-26(30)19-15-24(31)29(17-19)20-9-8-10-21(16-20)33-3/h6-12,16,19H,4-5,13-15,17-18H2,1-3H3. The van der Waals surface area contributed by atoms with Crippen molar-refractivity contribution in [1.82, 2.24) is 14.5 Å². The molecule has 0 spiro atoms. The number of carbonyl (C=O) groups is 2. The molecule has 0 radical (unpaired) electrons. The van der Waals surface area contributed by atoms with Gasteiger partial charge in [0.15, 0.2) is 0 Å². The Kier molecular flexibility index (Phi) is 6.96. The molecule has 33 heavy (non-hydrogen) atoms. The minimum atomic E-state index is -0.0882. The summed E-state index contributed by atoms with van der Waals surface area (Å²) in [4.78, 5) is 34.8. The van der Waals surface area contributed by atoms with Gasteiger partial charge < -0.3 is 19.1 Å². The lowest BCUT2D eigenvalue weighted by Crippen LogP contribution is -2.35. The topological polar surface area (TPSA) is 67.7 Å². The van der Waals surface area contributed by atoms with Crippen molar-refractivity contribution in [2.24, 2.45) is 0 Å². The maximum absolute atomic E-state index is 13.2. The molecular formula is C26H32N4O3. The molecule has 1 unspecified atom stereocenters. The van der Waals surface area contributed by atoms with E-state index in [1.165, 1.54) is 0 Å². The van der Waals surface area contributed by atoms with Crippen LogP contribution in [0.25, 0.3) is 11.0 Å². The van der Waals surface area contributed by atoms with Gasteiger partial charge in [-0.15, -0.1) is 0 Å². The fourth-order valence-electron chi connectivity index (χ4n) is 4.62. The Balaban J connectivity index is 1.65. The lowest BCUT2D eigenvalue weighted by molar-refractivity contribution is -0.131. The Labute approximate surface area is 195 Å². The number of hydrogen-bond acceptors (Lipinski definition) is 4. The predicted molar refractivity (Wildman–Crippen MR) is 130 cm³/mol. The van der Waals surface area contributed by atoms with Crippen LogP contribution < -0.4 is 9.64 Å². The minimum Gasteiger partial charge on any atom is -0.497 e. The maximum Gasteiger partial charge on any atom is 0.242 e. The second kappa shape index (κ2) is 10.1. The summed E-state index contributed by atoms with van der Waals surface area (Å²) in [7, 11) is 1.62. The highest BCUT2D eigenvalue weighted by Gasteiger charge is 2.35. The summed E-state index contributed by atoms with van der Waals surface area (Å²) < 4.78 is 7.35. The van der Waals surface area contributed by atoms with Gasteiger partial charge in [0, 0.05) is 43.7 Å². The second-order valence-electron chi connectivity index (χ2n) is 8.53. The van der Waals surface area contributed by atoms with E-state index in [9.17, 15) is 9.59 Å². The average molecular weight is 449 g/mol. The highest BCUT2D eigenvalue weighted by Crippen LogP contribution is 2.34. The number of hydrogen-bond donors (Lipinski definition) is 0. The zero-order valence-corrected chi connectivity index (χ0v) is 19.7. The van der Waals surface area contributed by atoms with Gasteiger partial charge in [-0.05, 0) is 37.1 Å². The van der Waals surface area contributed by atoms with E-state index in [4.69, 9.17) is 9.72 Å². The number of para-hydroxylation sites is 2. The Morgan fingerprint density at radius 3 is 2.61 bits per heavy atom. The molecule has 1 aromatic heterocycles. The summed E-state index contributed by atoms with van der Waals surface area (Å²) >= 11 is 0. The van der Waals surface area contributed by atoms with Crippen LogP contribution in [0.2, 0.25) is 0 Å². The molecule has 7 nitrogen and oxygen atoms in total. The van der Waals surface area contributed by atoms with Gasteiger partial charge in [-0.2, -0.15) is 0 Å². The van der Waals surface area contributed by atoms with Crippen molar-refractivity contribution in [2.75, 3.05) is 31.6 Å². The van der Waals surface area contributed by atoms with E-state index in [1.807, 2.05) is 58.0 Å². The molecule has 2 aromatic carbocycles. The molecule has 1 saturated heterocycles. The molecule has 2 heterocycles. The number of aromatic nitrogens is 2. The first kappa shape index (κ1) is 22.8. The number of methoxy groups -OCH3 is 1. The first-order chi connectivity index (χ1) is 16.0. The lowest BCUT2D eigenvalue weighted by Gasteiger charge is -2.23. The van der Waals surface area contributed by atoms with Gasteiger partial charge in [-0.3, -0.25) is 9.59 Å². The van der Waals surface area contributed by atoms with Crippen LogP contribution in [-0.2, 0) is 16.1 Å². The molecule has 3 aromatic rings. The highest BCUT2D eigenvalue weighted by atomic mass is 16.5. The normalized spacial score (nSPS) is 15.9. The molecule has 2 amide bonds. The Bertz CT molecular complexity index is 1130. The van der Waals surface area contributed by atoms with Gasteiger partial charge in [-0.25, -0.2) is 4.98 Å². The van der Waals surface area contributed by atoms with Crippen LogP contribution in [0.5, 0.6) is 5.75 Å². The number of amides is 2. The van der Waals surface area contributed by atoms with Crippen LogP contribution in [-0.4, -0.2) is 53.0 Å². The molecule has 7 heteroatoms. The molecule has 4 rings (SSSR count). The minimum absolute atomic E-state index is 0.0526. The van der Waals surface area contributed by atoms with Gasteiger partial charge in [-0.1, -0.05) is 32.0 Å². The lowest BCUT2D eigenvalue weighted by atomic mass is 10.1. The summed E-state index contributed by atoms with van der Waals surface area (Å²) in [6.07, 6.45) is 2.22. The van der Waals surface area contributed by atoms with Crippen molar-refractivity contribution in [3.63, 3.8) is 0 Å². The van der Waals surface area contributed by atoms with Crippen LogP contribution in [0.4, 0.5) is 5.69 Å². The van der Waals surface area contributed by atoms with Gasteiger partial charge in [0.25, 0.3) is 0 Å². The van der Waals surface area contributed by atoms with Crippen molar-refractivity contribution in [3.05, 3.63) is 54.4 Å². The number of fused-ring (bicyclic) bond motifs is 1. The van der Waals surface area contributed by atoms with Gasteiger partial charge in [0.2, 0.25) is 11.8 Å². The smallest absolute Gasteiger partial charge is 0.242 e. The number of carbonyl (C=O) groups excluding carboxylic acids is 2. The fourth-order valence-corrected chi connectivity index (χ4v) is 4.62. The number of ether oxygens (including phenoxy) is 1. The van der Waals surface area contributed by atoms with E-state index < -0.39 is 0 Å². The van der Waals surface area contributed by atoms with E-state index in [-0.39, 0.29) is 24.3 Å². The third-order valence-electron chi connectivity index (χ3n) is 6.17. The molecule has 1 fully saturated rings. The molecule has 1 aliphatic heterocycles. The van der Waals surface area contributed by atoms with Crippen LogP contribution >= 0.6 is 0 Å². The number of rotatable bonds is 9. The molecule has 0 aliphatic carbocycles. The fraction of sp³-hybridized carbons (Fsp3) is 0.423. The molecule has 0 saturated carbocycles. The zero-order valence-electron chi connectivity index (χ0n) is 19.7. The number of imidazole rings is 1.